The van der Waals surface area contributed by atoms with Gasteiger partial charge in [0.15, 0.2) is 0 Å². The zero-order valence-corrected chi connectivity index (χ0v) is 18.0. The van der Waals surface area contributed by atoms with Gasteiger partial charge in [0.25, 0.3) is 5.91 Å². The summed E-state index contributed by atoms with van der Waals surface area (Å²) >= 11 is 0. The molecule has 0 bridgehead atoms. The molecule has 1 aliphatic heterocycles. The first-order valence-electron chi connectivity index (χ1n) is 10.4. The van der Waals surface area contributed by atoms with Gasteiger partial charge in [-0.05, 0) is 62.8 Å². The Balaban J connectivity index is 1.52. The van der Waals surface area contributed by atoms with Crippen LogP contribution in [0.25, 0.3) is 0 Å². The molecule has 0 spiro atoms. The summed E-state index contributed by atoms with van der Waals surface area (Å²) in [5.41, 5.74) is 0.326. The molecule has 8 heteroatoms. The van der Waals surface area contributed by atoms with Crippen molar-refractivity contribution in [3.05, 3.63) is 29.8 Å². The van der Waals surface area contributed by atoms with Crippen LogP contribution in [0.4, 0.5) is 0 Å². The van der Waals surface area contributed by atoms with E-state index in [-0.39, 0.29) is 29.3 Å². The highest BCUT2D eigenvalue weighted by atomic mass is 32.2. The Morgan fingerprint density at radius 3 is 2.38 bits per heavy atom. The Labute approximate surface area is 173 Å². The summed E-state index contributed by atoms with van der Waals surface area (Å²) < 4.78 is 26.8. The second-order valence-corrected chi connectivity index (χ2v) is 10.1. The predicted molar refractivity (Wildman–Crippen MR) is 111 cm³/mol. The predicted octanol–water partition coefficient (Wildman–Crippen LogP) is 2.14. The number of piperidine rings is 1. The average Bonchev–Trinajstić information content (AvgIpc) is 2.70. The van der Waals surface area contributed by atoms with E-state index < -0.39 is 10.0 Å². The first kappa shape index (κ1) is 21.8. The van der Waals surface area contributed by atoms with E-state index in [4.69, 9.17) is 0 Å². The molecule has 0 unspecified atom stereocenters. The first-order chi connectivity index (χ1) is 13.8. The quantitative estimate of drug-likeness (QED) is 0.736. The minimum absolute atomic E-state index is 0.0365. The van der Waals surface area contributed by atoms with Crippen LogP contribution in [0.1, 0.15) is 56.3 Å². The molecule has 3 rings (SSSR count). The van der Waals surface area contributed by atoms with Gasteiger partial charge in [-0.1, -0.05) is 19.3 Å². The van der Waals surface area contributed by atoms with Crippen LogP contribution in [0, 0.1) is 11.8 Å². The third-order valence-corrected chi connectivity index (χ3v) is 7.54. The largest absolute Gasteiger partial charge is 0.343 e. The molecule has 2 N–H and O–H groups in total. The zero-order valence-electron chi connectivity index (χ0n) is 17.2. The molecule has 1 heterocycles. The molecule has 2 fully saturated rings. The fourth-order valence-corrected chi connectivity index (χ4v) is 5.61. The monoisotopic (exact) mass is 421 g/mol. The molecule has 29 heavy (non-hydrogen) atoms. The van der Waals surface area contributed by atoms with Crippen molar-refractivity contribution in [2.45, 2.75) is 56.9 Å². The Hall–Kier alpha value is -1.93. The number of sulfonamides is 1. The minimum Gasteiger partial charge on any atom is -0.343 e. The molecule has 1 aliphatic carbocycles. The van der Waals surface area contributed by atoms with Crippen LogP contribution in [-0.4, -0.2) is 50.8 Å². The van der Waals surface area contributed by atoms with E-state index in [2.05, 4.69) is 10.0 Å². The van der Waals surface area contributed by atoms with Crippen molar-refractivity contribution in [3.63, 3.8) is 0 Å². The Bertz CT molecular complexity index is 836. The van der Waals surface area contributed by atoms with Crippen molar-refractivity contribution in [1.82, 2.24) is 14.9 Å². The Kier molecular flexibility index (Phi) is 6.95. The molecule has 0 radical (unpaired) electrons. The van der Waals surface area contributed by atoms with Gasteiger partial charge >= 0.3 is 0 Å². The van der Waals surface area contributed by atoms with E-state index in [0.717, 1.165) is 25.4 Å². The van der Waals surface area contributed by atoms with Gasteiger partial charge in [0.05, 0.1) is 11.4 Å². The lowest BCUT2D eigenvalue weighted by molar-refractivity contribution is -0.133. The van der Waals surface area contributed by atoms with E-state index in [1.165, 1.54) is 49.9 Å². The standard InChI is InChI=1S/C21H31N3O4S/c1-15(2)23-29(27,28)19-9-7-17(8-10-19)21(26)22-13-20(25)24-12-11-16-5-3-4-6-18(16)14-24/h7-10,15-16,18,23H,3-6,11-14H2,1-2H3,(H,22,26)/t16-,18-/m0/s1. The van der Waals surface area contributed by atoms with E-state index in [1.807, 2.05) is 4.90 Å². The van der Waals surface area contributed by atoms with Crippen molar-refractivity contribution in [1.29, 1.82) is 0 Å². The van der Waals surface area contributed by atoms with Crippen LogP contribution in [0.2, 0.25) is 0 Å². The lowest BCUT2D eigenvalue weighted by Gasteiger charge is -2.41. The van der Waals surface area contributed by atoms with Gasteiger partial charge in [0.2, 0.25) is 15.9 Å². The third-order valence-electron chi connectivity index (χ3n) is 5.86. The summed E-state index contributed by atoms with van der Waals surface area (Å²) in [6, 6.07) is 5.50. The lowest BCUT2D eigenvalue weighted by Crippen LogP contribution is -2.48. The minimum atomic E-state index is -3.59. The summed E-state index contributed by atoms with van der Waals surface area (Å²) in [4.78, 5) is 26.9. The van der Waals surface area contributed by atoms with E-state index >= 15 is 0 Å². The van der Waals surface area contributed by atoms with Gasteiger partial charge < -0.3 is 10.2 Å². The molecular formula is C21H31N3O4S. The molecule has 1 aromatic rings. The van der Waals surface area contributed by atoms with Crippen molar-refractivity contribution in [2.75, 3.05) is 19.6 Å². The number of fused-ring (bicyclic) bond motifs is 1. The van der Waals surface area contributed by atoms with Crippen LogP contribution in [-0.2, 0) is 14.8 Å². The van der Waals surface area contributed by atoms with Crippen molar-refractivity contribution in [2.24, 2.45) is 11.8 Å². The number of rotatable bonds is 6. The van der Waals surface area contributed by atoms with Gasteiger partial charge in [-0.15, -0.1) is 0 Å². The number of amides is 2. The number of hydrogen-bond donors (Lipinski definition) is 2. The van der Waals surface area contributed by atoms with Crippen LogP contribution in [0.3, 0.4) is 0 Å². The van der Waals surface area contributed by atoms with Gasteiger partial charge in [-0.3, -0.25) is 9.59 Å². The summed E-state index contributed by atoms with van der Waals surface area (Å²) in [6.45, 7) is 5.02. The summed E-state index contributed by atoms with van der Waals surface area (Å²) in [7, 11) is -3.59. The highest BCUT2D eigenvalue weighted by Gasteiger charge is 2.32. The van der Waals surface area contributed by atoms with Crippen molar-refractivity contribution < 1.29 is 18.0 Å². The van der Waals surface area contributed by atoms with Gasteiger partial charge in [0, 0.05) is 24.7 Å². The summed E-state index contributed by atoms with van der Waals surface area (Å²) in [5.74, 6) is 0.919. The second kappa shape index (κ2) is 9.26. The number of nitrogens with one attached hydrogen (secondary N) is 2. The number of likely N-dealkylation sites (tertiary alicyclic amines) is 1. The maximum Gasteiger partial charge on any atom is 0.251 e. The highest BCUT2D eigenvalue weighted by molar-refractivity contribution is 7.89. The van der Waals surface area contributed by atoms with Crippen LogP contribution in [0.15, 0.2) is 29.2 Å². The number of benzene rings is 1. The maximum absolute atomic E-state index is 12.5. The number of nitrogens with zero attached hydrogens (tertiary/aromatic N) is 1. The fourth-order valence-electron chi connectivity index (χ4n) is 4.36. The molecule has 7 nitrogen and oxygen atoms in total. The lowest BCUT2D eigenvalue weighted by atomic mass is 9.75. The van der Waals surface area contributed by atoms with Crippen LogP contribution >= 0.6 is 0 Å². The second-order valence-electron chi connectivity index (χ2n) is 8.42. The Morgan fingerprint density at radius 1 is 1.07 bits per heavy atom. The normalized spacial score (nSPS) is 22.2. The molecule has 1 aromatic carbocycles. The zero-order chi connectivity index (χ0) is 21.0. The van der Waals surface area contributed by atoms with E-state index in [0.29, 0.717) is 11.5 Å². The molecular weight excluding hydrogens is 390 g/mol. The van der Waals surface area contributed by atoms with Crippen LogP contribution < -0.4 is 10.0 Å². The van der Waals surface area contributed by atoms with E-state index in [9.17, 15) is 18.0 Å². The van der Waals surface area contributed by atoms with Gasteiger partial charge in [-0.2, -0.15) is 0 Å². The number of carbonyl (C=O) groups is 2. The average molecular weight is 422 g/mol. The molecule has 1 saturated carbocycles. The molecule has 1 saturated heterocycles. The number of hydrogen-bond acceptors (Lipinski definition) is 4. The van der Waals surface area contributed by atoms with Crippen LogP contribution in [0.5, 0.6) is 0 Å². The summed E-state index contributed by atoms with van der Waals surface area (Å²) in [5, 5.41) is 2.66. The number of carbonyl (C=O) groups excluding carboxylic acids is 2. The molecule has 2 atom stereocenters. The highest BCUT2D eigenvalue weighted by Crippen LogP contribution is 2.35. The molecule has 160 valence electrons. The van der Waals surface area contributed by atoms with Gasteiger partial charge in [0.1, 0.15) is 0 Å². The maximum atomic E-state index is 12.5. The third kappa shape index (κ3) is 5.57. The smallest absolute Gasteiger partial charge is 0.251 e. The Morgan fingerprint density at radius 2 is 1.72 bits per heavy atom. The van der Waals surface area contributed by atoms with Gasteiger partial charge in [-0.25, -0.2) is 13.1 Å². The topological polar surface area (TPSA) is 95.6 Å². The molecule has 2 amide bonds. The van der Waals surface area contributed by atoms with E-state index in [1.54, 1.807) is 13.8 Å². The fraction of sp³-hybridized carbons (Fsp3) is 0.619. The summed E-state index contributed by atoms with van der Waals surface area (Å²) in [6.07, 6.45) is 6.09. The van der Waals surface area contributed by atoms with Crippen molar-refractivity contribution in [3.8, 4) is 0 Å². The SMILES string of the molecule is CC(C)NS(=O)(=O)c1ccc(C(=O)NCC(=O)N2CC[C@@H]3CCCC[C@H]3C2)cc1. The van der Waals surface area contributed by atoms with Crippen molar-refractivity contribution >= 4 is 21.8 Å². The molecule has 2 aliphatic rings. The first-order valence-corrected chi connectivity index (χ1v) is 11.9. The molecule has 0 aromatic heterocycles.